The Labute approximate surface area is 178 Å². The third-order valence-corrected chi connectivity index (χ3v) is 6.83. The molecule has 1 aliphatic rings. The third kappa shape index (κ3) is 5.32. The number of nitrogens with zero attached hydrogens (tertiary/aromatic N) is 4. The van der Waals surface area contributed by atoms with E-state index in [9.17, 15) is 4.79 Å². The molecule has 1 heterocycles. The van der Waals surface area contributed by atoms with Gasteiger partial charge in [-0.25, -0.2) is 0 Å². The van der Waals surface area contributed by atoms with Gasteiger partial charge in [-0.15, -0.1) is 10.2 Å². The van der Waals surface area contributed by atoms with Gasteiger partial charge in [0, 0.05) is 37.4 Å². The Morgan fingerprint density at radius 2 is 1.83 bits per heavy atom. The average Bonchev–Trinajstić information content (AvgIpc) is 3.10. The first-order valence-electron chi connectivity index (χ1n) is 10.7. The number of amides is 1. The van der Waals surface area contributed by atoms with E-state index < -0.39 is 0 Å². The first kappa shape index (κ1) is 21.7. The van der Waals surface area contributed by atoms with E-state index in [-0.39, 0.29) is 11.2 Å². The van der Waals surface area contributed by atoms with E-state index >= 15 is 0 Å². The minimum absolute atomic E-state index is 0.0926. The number of nitrogens with one attached hydrogen (secondary N) is 1. The third-order valence-electron chi connectivity index (χ3n) is 5.69. The Kier molecular flexibility index (Phi) is 7.58. The van der Waals surface area contributed by atoms with Crippen LogP contribution in [-0.4, -0.2) is 45.1 Å². The molecular formula is C22H33N5OS. The first-order valence-corrected chi connectivity index (χ1v) is 11.6. The topological polar surface area (TPSA) is 63.1 Å². The lowest BCUT2D eigenvalue weighted by molar-refractivity contribution is -0.121. The monoisotopic (exact) mass is 415 g/mol. The second-order valence-electron chi connectivity index (χ2n) is 7.69. The molecular weight excluding hydrogens is 382 g/mol. The maximum atomic E-state index is 12.6. The average molecular weight is 416 g/mol. The fourth-order valence-corrected chi connectivity index (χ4v) is 4.68. The molecule has 1 aliphatic carbocycles. The van der Waals surface area contributed by atoms with Crippen molar-refractivity contribution < 1.29 is 4.79 Å². The van der Waals surface area contributed by atoms with Crippen molar-refractivity contribution >= 4 is 23.4 Å². The number of hydrogen-bond acceptors (Lipinski definition) is 5. The minimum atomic E-state index is -0.197. The van der Waals surface area contributed by atoms with E-state index in [1.165, 1.54) is 36.7 Å². The molecule has 0 radical (unpaired) electrons. The van der Waals surface area contributed by atoms with Gasteiger partial charge in [0.2, 0.25) is 5.91 Å². The van der Waals surface area contributed by atoms with E-state index in [0.29, 0.717) is 6.04 Å². The summed E-state index contributed by atoms with van der Waals surface area (Å²) in [6, 6.07) is 8.77. The zero-order valence-corrected chi connectivity index (χ0v) is 18.8. The van der Waals surface area contributed by atoms with Crippen LogP contribution >= 0.6 is 11.8 Å². The number of anilines is 1. The molecule has 1 N–H and O–H groups in total. The van der Waals surface area contributed by atoms with Gasteiger partial charge < -0.3 is 14.8 Å². The maximum Gasteiger partial charge on any atom is 0.233 e. The lowest BCUT2D eigenvalue weighted by atomic mass is 9.95. The van der Waals surface area contributed by atoms with Crippen LogP contribution in [0.4, 0.5) is 5.69 Å². The quantitative estimate of drug-likeness (QED) is 0.653. The molecule has 6 nitrogen and oxygen atoms in total. The molecule has 1 aromatic heterocycles. The molecule has 0 aliphatic heterocycles. The molecule has 7 heteroatoms. The molecule has 158 valence electrons. The summed E-state index contributed by atoms with van der Waals surface area (Å²) in [5.74, 6) is 0.911. The summed E-state index contributed by atoms with van der Waals surface area (Å²) in [7, 11) is 1.96. The van der Waals surface area contributed by atoms with Crippen LogP contribution in [-0.2, 0) is 11.8 Å². The predicted octanol–water partition coefficient (Wildman–Crippen LogP) is 4.26. The summed E-state index contributed by atoms with van der Waals surface area (Å²) >= 11 is 1.47. The minimum Gasteiger partial charge on any atom is -0.372 e. The van der Waals surface area contributed by atoms with Crippen LogP contribution in [0.5, 0.6) is 0 Å². The molecule has 1 aromatic carbocycles. The molecule has 1 atom stereocenters. The molecule has 3 rings (SSSR count). The van der Waals surface area contributed by atoms with Crippen LogP contribution in [0, 0.1) is 0 Å². The van der Waals surface area contributed by atoms with Gasteiger partial charge in [0.25, 0.3) is 0 Å². The van der Waals surface area contributed by atoms with Crippen LogP contribution in [0.15, 0.2) is 29.4 Å². The van der Waals surface area contributed by atoms with Crippen LogP contribution in [0.2, 0.25) is 0 Å². The summed E-state index contributed by atoms with van der Waals surface area (Å²) in [5, 5.41) is 12.5. The Hall–Kier alpha value is -2.02. The summed E-state index contributed by atoms with van der Waals surface area (Å²) in [5.41, 5.74) is 2.24. The second-order valence-corrected chi connectivity index (χ2v) is 9.00. The molecule has 0 saturated heterocycles. The zero-order valence-electron chi connectivity index (χ0n) is 18.0. The van der Waals surface area contributed by atoms with Crippen molar-refractivity contribution in [3.8, 4) is 11.4 Å². The fraction of sp³-hybridized carbons (Fsp3) is 0.591. The molecule has 29 heavy (non-hydrogen) atoms. The standard InChI is InChI=1S/C22H33N5OS/c1-5-27(6-2)19-14-12-17(13-15-19)20-24-25-22(26(20)4)29-16(3)21(28)23-18-10-8-7-9-11-18/h12-16,18H,5-11H2,1-4H3,(H,23,28). The second kappa shape index (κ2) is 10.1. The van der Waals surface area contributed by atoms with Crippen LogP contribution in [0.1, 0.15) is 52.9 Å². The molecule has 0 spiro atoms. The molecule has 1 fully saturated rings. The highest BCUT2D eigenvalue weighted by molar-refractivity contribution is 8.00. The summed E-state index contributed by atoms with van der Waals surface area (Å²) in [4.78, 5) is 14.9. The van der Waals surface area contributed by atoms with Crippen molar-refractivity contribution in [2.24, 2.45) is 7.05 Å². The van der Waals surface area contributed by atoms with Crippen molar-refractivity contribution in [3.05, 3.63) is 24.3 Å². The Balaban J connectivity index is 1.64. The van der Waals surface area contributed by atoms with E-state index in [1.807, 2.05) is 18.5 Å². The van der Waals surface area contributed by atoms with E-state index in [2.05, 4.69) is 58.5 Å². The highest BCUT2D eigenvalue weighted by Crippen LogP contribution is 2.27. The van der Waals surface area contributed by atoms with E-state index in [0.717, 1.165) is 42.5 Å². The van der Waals surface area contributed by atoms with Gasteiger partial charge in [0.1, 0.15) is 0 Å². The highest BCUT2D eigenvalue weighted by atomic mass is 32.2. The van der Waals surface area contributed by atoms with Gasteiger partial charge in [-0.1, -0.05) is 31.0 Å². The number of carbonyl (C=O) groups is 1. The fourth-order valence-electron chi connectivity index (χ4n) is 3.86. The number of aromatic nitrogens is 3. The van der Waals surface area contributed by atoms with Crippen molar-refractivity contribution in [3.63, 3.8) is 0 Å². The van der Waals surface area contributed by atoms with Crippen molar-refractivity contribution in [1.82, 2.24) is 20.1 Å². The molecule has 1 amide bonds. The van der Waals surface area contributed by atoms with E-state index in [1.54, 1.807) is 0 Å². The highest BCUT2D eigenvalue weighted by Gasteiger charge is 2.22. The Bertz CT molecular complexity index is 794. The van der Waals surface area contributed by atoms with E-state index in [4.69, 9.17) is 0 Å². The molecule has 0 bridgehead atoms. The van der Waals surface area contributed by atoms with Gasteiger partial charge in [-0.3, -0.25) is 4.79 Å². The van der Waals surface area contributed by atoms with Crippen molar-refractivity contribution in [2.75, 3.05) is 18.0 Å². The smallest absolute Gasteiger partial charge is 0.233 e. The lowest BCUT2D eigenvalue weighted by Crippen LogP contribution is -2.40. The van der Waals surface area contributed by atoms with Crippen LogP contribution < -0.4 is 10.2 Å². The van der Waals surface area contributed by atoms with Gasteiger partial charge in [-0.05, 0) is 57.9 Å². The Morgan fingerprint density at radius 3 is 2.45 bits per heavy atom. The summed E-state index contributed by atoms with van der Waals surface area (Å²) < 4.78 is 1.97. The van der Waals surface area contributed by atoms with Crippen LogP contribution in [0.25, 0.3) is 11.4 Å². The summed E-state index contributed by atoms with van der Waals surface area (Å²) in [6.45, 7) is 8.24. The number of thioether (sulfide) groups is 1. The number of rotatable bonds is 8. The van der Waals surface area contributed by atoms with Gasteiger partial charge in [0.05, 0.1) is 5.25 Å². The zero-order chi connectivity index (χ0) is 20.8. The van der Waals surface area contributed by atoms with Crippen molar-refractivity contribution in [2.45, 2.75) is 69.3 Å². The molecule has 1 unspecified atom stereocenters. The number of benzene rings is 1. The molecule has 1 saturated carbocycles. The number of carbonyl (C=O) groups excluding carboxylic acids is 1. The maximum absolute atomic E-state index is 12.6. The van der Waals surface area contributed by atoms with Crippen LogP contribution in [0.3, 0.4) is 0 Å². The first-order chi connectivity index (χ1) is 14.0. The Morgan fingerprint density at radius 1 is 1.17 bits per heavy atom. The van der Waals surface area contributed by atoms with Gasteiger partial charge in [0.15, 0.2) is 11.0 Å². The molecule has 2 aromatic rings. The summed E-state index contributed by atoms with van der Waals surface area (Å²) in [6.07, 6.45) is 5.91. The lowest BCUT2D eigenvalue weighted by Gasteiger charge is -2.24. The van der Waals surface area contributed by atoms with Crippen molar-refractivity contribution in [1.29, 1.82) is 0 Å². The predicted molar refractivity (Wildman–Crippen MR) is 120 cm³/mol. The number of hydrogen-bond donors (Lipinski definition) is 1. The largest absolute Gasteiger partial charge is 0.372 e. The van der Waals surface area contributed by atoms with Gasteiger partial charge >= 0.3 is 0 Å². The SMILES string of the molecule is CCN(CC)c1ccc(-c2nnc(SC(C)C(=O)NC3CCCCC3)n2C)cc1. The van der Waals surface area contributed by atoms with Gasteiger partial charge in [-0.2, -0.15) is 0 Å². The normalized spacial score (nSPS) is 15.9.